The van der Waals surface area contributed by atoms with E-state index >= 15 is 0 Å². The lowest BCUT2D eigenvalue weighted by Gasteiger charge is -2.22. The molecule has 6 nitrogen and oxygen atoms in total. The zero-order valence-corrected chi connectivity index (χ0v) is 14.7. The van der Waals surface area contributed by atoms with E-state index in [0.29, 0.717) is 19.7 Å². The molecule has 1 aromatic rings. The summed E-state index contributed by atoms with van der Waals surface area (Å²) in [4.78, 5) is 27.6. The molecule has 1 N–H and O–H groups in total. The number of nitrogens with one attached hydrogen (secondary N) is 1. The van der Waals surface area contributed by atoms with Gasteiger partial charge in [-0.3, -0.25) is 9.59 Å². The van der Waals surface area contributed by atoms with Gasteiger partial charge in [-0.1, -0.05) is 30.3 Å². The molecule has 0 radical (unpaired) electrons. The highest BCUT2D eigenvalue weighted by atomic mass is 16.5. The van der Waals surface area contributed by atoms with Crippen LogP contribution in [-0.2, 0) is 20.9 Å². The van der Waals surface area contributed by atoms with Crippen molar-refractivity contribution in [2.24, 2.45) is 5.92 Å². The van der Waals surface area contributed by atoms with Crippen LogP contribution in [0.15, 0.2) is 30.3 Å². The molecule has 1 aliphatic heterocycles. The molecule has 0 unspecified atom stereocenters. The molecule has 0 aromatic heterocycles. The van der Waals surface area contributed by atoms with Gasteiger partial charge < -0.3 is 19.9 Å². The van der Waals surface area contributed by atoms with Crippen molar-refractivity contribution in [3.8, 4) is 0 Å². The third-order valence-corrected chi connectivity index (χ3v) is 4.18. The fourth-order valence-electron chi connectivity index (χ4n) is 3.03. The van der Waals surface area contributed by atoms with E-state index in [1.54, 1.807) is 11.8 Å². The fraction of sp³-hybridized carbons (Fsp3) is 0.556. The zero-order valence-electron chi connectivity index (χ0n) is 14.7. The van der Waals surface area contributed by atoms with Crippen molar-refractivity contribution in [3.63, 3.8) is 0 Å². The Bertz CT molecular complexity index is 548. The molecule has 2 atom stereocenters. The van der Waals surface area contributed by atoms with Crippen molar-refractivity contribution in [3.05, 3.63) is 35.9 Å². The molecule has 1 saturated heterocycles. The van der Waals surface area contributed by atoms with Gasteiger partial charge in [-0.05, 0) is 19.7 Å². The highest BCUT2D eigenvalue weighted by Crippen LogP contribution is 2.18. The minimum Gasteiger partial charge on any atom is -0.367 e. The van der Waals surface area contributed by atoms with Crippen molar-refractivity contribution in [1.29, 1.82) is 0 Å². The summed E-state index contributed by atoms with van der Waals surface area (Å²) in [6, 6.07) is 9.74. The van der Waals surface area contributed by atoms with Gasteiger partial charge in [0.15, 0.2) is 0 Å². The van der Waals surface area contributed by atoms with Gasteiger partial charge in [-0.15, -0.1) is 0 Å². The predicted molar refractivity (Wildman–Crippen MR) is 92.3 cm³/mol. The van der Waals surface area contributed by atoms with Crippen LogP contribution < -0.4 is 5.32 Å². The lowest BCUT2D eigenvalue weighted by atomic mass is 10.0. The van der Waals surface area contributed by atoms with E-state index in [9.17, 15) is 9.59 Å². The first-order valence-corrected chi connectivity index (χ1v) is 8.27. The lowest BCUT2D eigenvalue weighted by Crippen LogP contribution is -2.44. The average molecular weight is 333 g/mol. The summed E-state index contributed by atoms with van der Waals surface area (Å²) < 4.78 is 5.48. The summed E-state index contributed by atoms with van der Waals surface area (Å²) in [5.41, 5.74) is 1.04. The maximum absolute atomic E-state index is 12.1. The molecule has 1 heterocycles. The Morgan fingerprint density at radius 3 is 2.58 bits per heavy atom. The van der Waals surface area contributed by atoms with Crippen LogP contribution in [0.4, 0.5) is 0 Å². The molecular weight excluding hydrogens is 306 g/mol. The van der Waals surface area contributed by atoms with Gasteiger partial charge >= 0.3 is 0 Å². The van der Waals surface area contributed by atoms with Gasteiger partial charge in [0, 0.05) is 32.5 Å². The lowest BCUT2D eigenvalue weighted by molar-refractivity contribution is -0.129. The third kappa shape index (κ3) is 5.62. The summed E-state index contributed by atoms with van der Waals surface area (Å²) in [5, 5.41) is 3.02. The smallest absolute Gasteiger partial charge is 0.246 e. The average Bonchev–Trinajstić information content (AvgIpc) is 2.90. The van der Waals surface area contributed by atoms with Crippen LogP contribution in [-0.4, -0.2) is 68.0 Å². The Morgan fingerprint density at radius 2 is 1.96 bits per heavy atom. The molecule has 0 aliphatic carbocycles. The standard InChI is InChI=1S/C18H27N3O3/c1-14(22)21-10-16(9-20(2)3)17(11-21)19-18(23)13-24-12-15-7-5-4-6-8-15/h4-8,16-17H,9-13H2,1-3H3,(H,19,23)/t16-,17-/m1/s1. The Balaban J connectivity index is 1.80. The number of benzene rings is 1. The summed E-state index contributed by atoms with van der Waals surface area (Å²) >= 11 is 0. The number of nitrogens with zero attached hydrogens (tertiary/aromatic N) is 2. The molecular formula is C18H27N3O3. The van der Waals surface area contributed by atoms with E-state index in [2.05, 4.69) is 10.2 Å². The molecule has 2 rings (SSSR count). The van der Waals surface area contributed by atoms with Gasteiger partial charge in [-0.2, -0.15) is 0 Å². The summed E-state index contributed by atoms with van der Waals surface area (Å²) in [6.07, 6.45) is 0. The van der Waals surface area contributed by atoms with Crippen molar-refractivity contribution in [1.82, 2.24) is 15.1 Å². The molecule has 1 aromatic carbocycles. The van der Waals surface area contributed by atoms with E-state index in [0.717, 1.165) is 12.1 Å². The minimum atomic E-state index is -0.134. The number of rotatable bonds is 7. The highest BCUT2D eigenvalue weighted by Gasteiger charge is 2.35. The second-order valence-corrected chi connectivity index (χ2v) is 6.60. The molecule has 6 heteroatoms. The Hall–Kier alpha value is -1.92. The second kappa shape index (κ2) is 8.80. The van der Waals surface area contributed by atoms with Crippen molar-refractivity contribution in [2.45, 2.75) is 19.6 Å². The highest BCUT2D eigenvalue weighted by molar-refractivity contribution is 5.78. The van der Waals surface area contributed by atoms with Crippen LogP contribution in [0.1, 0.15) is 12.5 Å². The maximum Gasteiger partial charge on any atom is 0.246 e. The normalized spacial score (nSPS) is 20.4. The van der Waals surface area contributed by atoms with Crippen molar-refractivity contribution >= 4 is 11.8 Å². The molecule has 1 fully saturated rings. The first-order valence-electron chi connectivity index (χ1n) is 8.27. The molecule has 2 amide bonds. The van der Waals surface area contributed by atoms with E-state index < -0.39 is 0 Å². The third-order valence-electron chi connectivity index (χ3n) is 4.18. The molecule has 0 spiro atoms. The van der Waals surface area contributed by atoms with Crippen LogP contribution in [0.5, 0.6) is 0 Å². The number of likely N-dealkylation sites (tertiary alicyclic amines) is 1. The van der Waals surface area contributed by atoms with Crippen molar-refractivity contribution < 1.29 is 14.3 Å². The SMILES string of the molecule is CC(=O)N1C[C@@H](CN(C)C)[C@H](NC(=O)COCc2ccccc2)C1. The quantitative estimate of drug-likeness (QED) is 0.799. The molecule has 0 bridgehead atoms. The van der Waals surface area contributed by atoms with Crippen molar-refractivity contribution in [2.75, 3.05) is 40.3 Å². The topological polar surface area (TPSA) is 61.9 Å². The monoisotopic (exact) mass is 333 g/mol. The Kier molecular flexibility index (Phi) is 6.75. The van der Waals surface area contributed by atoms with Gasteiger partial charge in [-0.25, -0.2) is 0 Å². The predicted octanol–water partition coefficient (Wildman–Crippen LogP) is 0.728. The summed E-state index contributed by atoms with van der Waals surface area (Å²) in [6.45, 7) is 4.10. The number of carbonyl (C=O) groups excluding carboxylic acids is 2. The fourth-order valence-corrected chi connectivity index (χ4v) is 3.03. The number of carbonyl (C=O) groups is 2. The first-order chi connectivity index (χ1) is 11.5. The van der Waals surface area contributed by atoms with E-state index in [1.165, 1.54) is 0 Å². The summed E-state index contributed by atoms with van der Waals surface area (Å²) in [7, 11) is 4.00. The molecule has 1 aliphatic rings. The van der Waals surface area contributed by atoms with Crippen LogP contribution in [0, 0.1) is 5.92 Å². The molecule has 24 heavy (non-hydrogen) atoms. The van der Waals surface area contributed by atoms with Crippen LogP contribution in [0.25, 0.3) is 0 Å². The number of ether oxygens (including phenoxy) is 1. The van der Waals surface area contributed by atoms with E-state index in [4.69, 9.17) is 4.74 Å². The van der Waals surface area contributed by atoms with Gasteiger partial charge in [0.05, 0.1) is 12.6 Å². The van der Waals surface area contributed by atoms with E-state index in [1.807, 2.05) is 44.4 Å². The minimum absolute atomic E-state index is 0.0240. The first kappa shape index (κ1) is 18.4. The summed E-state index contributed by atoms with van der Waals surface area (Å²) in [5.74, 6) is 0.155. The van der Waals surface area contributed by atoms with Gasteiger partial charge in [0.25, 0.3) is 0 Å². The molecule has 132 valence electrons. The maximum atomic E-state index is 12.1. The van der Waals surface area contributed by atoms with Crippen LogP contribution in [0.2, 0.25) is 0 Å². The Morgan fingerprint density at radius 1 is 1.25 bits per heavy atom. The van der Waals surface area contributed by atoms with Gasteiger partial charge in [0.2, 0.25) is 11.8 Å². The zero-order chi connectivity index (χ0) is 17.5. The van der Waals surface area contributed by atoms with E-state index in [-0.39, 0.29) is 30.4 Å². The van der Waals surface area contributed by atoms with Crippen LogP contribution >= 0.6 is 0 Å². The number of hydrogen-bond acceptors (Lipinski definition) is 4. The second-order valence-electron chi connectivity index (χ2n) is 6.60. The van der Waals surface area contributed by atoms with Gasteiger partial charge in [0.1, 0.15) is 6.61 Å². The largest absolute Gasteiger partial charge is 0.367 e. The Labute approximate surface area is 143 Å². The number of hydrogen-bond donors (Lipinski definition) is 1. The molecule has 0 saturated carbocycles. The van der Waals surface area contributed by atoms with Crippen LogP contribution in [0.3, 0.4) is 0 Å². The number of amides is 2.